The van der Waals surface area contributed by atoms with Crippen molar-refractivity contribution in [2.75, 3.05) is 52.4 Å². The van der Waals surface area contributed by atoms with E-state index in [-0.39, 0.29) is 17.9 Å². The van der Waals surface area contributed by atoms with Crippen LogP contribution in [-0.2, 0) is 4.79 Å². The number of nitrogens with zero attached hydrogens (tertiary/aromatic N) is 4. The molecule has 1 aromatic carbocycles. The second-order valence-corrected chi connectivity index (χ2v) is 8.50. The summed E-state index contributed by atoms with van der Waals surface area (Å²) in [5.74, 6) is -0.609. The van der Waals surface area contributed by atoms with Gasteiger partial charge in [0.05, 0.1) is 6.04 Å². The number of benzene rings is 1. The molecule has 6 nitrogen and oxygen atoms in total. The number of carbonyl (C=O) groups is 1. The van der Waals surface area contributed by atoms with Crippen LogP contribution in [0.25, 0.3) is 0 Å². The van der Waals surface area contributed by atoms with E-state index in [1.165, 1.54) is 12.1 Å². The number of amides is 1. The normalized spacial score (nSPS) is 20.1. The van der Waals surface area contributed by atoms with Crippen LogP contribution in [0, 0.1) is 11.6 Å². The van der Waals surface area contributed by atoms with E-state index in [1.807, 2.05) is 25.7 Å². The van der Waals surface area contributed by atoms with Crippen molar-refractivity contribution >= 4 is 11.9 Å². The molecule has 0 aliphatic carbocycles. The van der Waals surface area contributed by atoms with Crippen molar-refractivity contribution in [2.45, 2.75) is 45.6 Å². The van der Waals surface area contributed by atoms with Gasteiger partial charge in [0.25, 0.3) is 0 Å². The first-order valence-corrected chi connectivity index (χ1v) is 11.4. The first-order valence-electron chi connectivity index (χ1n) is 11.4. The molecule has 8 heteroatoms. The Morgan fingerprint density at radius 3 is 2.32 bits per heavy atom. The van der Waals surface area contributed by atoms with Crippen LogP contribution in [0.3, 0.4) is 0 Å². The Bertz CT molecular complexity index is 773. The molecule has 2 fully saturated rings. The lowest BCUT2D eigenvalue weighted by Gasteiger charge is -2.39. The van der Waals surface area contributed by atoms with Crippen LogP contribution in [-0.4, -0.2) is 85.0 Å². The molecule has 0 radical (unpaired) electrons. The molecule has 1 aromatic rings. The minimum atomic E-state index is -0.830. The van der Waals surface area contributed by atoms with Crippen LogP contribution in [0.2, 0.25) is 0 Å². The third-order valence-corrected chi connectivity index (χ3v) is 6.30. The van der Waals surface area contributed by atoms with Crippen molar-refractivity contribution in [3.05, 3.63) is 35.4 Å². The molecule has 3 rings (SSSR count). The monoisotopic (exact) mass is 435 g/mol. The molecule has 2 aliphatic rings. The van der Waals surface area contributed by atoms with Crippen LogP contribution in [0.1, 0.15) is 45.1 Å². The number of guanidine groups is 1. The minimum Gasteiger partial charge on any atom is -0.357 e. The van der Waals surface area contributed by atoms with Gasteiger partial charge in [0.2, 0.25) is 5.91 Å². The van der Waals surface area contributed by atoms with E-state index in [1.54, 1.807) is 6.07 Å². The quantitative estimate of drug-likeness (QED) is 0.551. The van der Waals surface area contributed by atoms with Gasteiger partial charge in [-0.15, -0.1) is 0 Å². The maximum absolute atomic E-state index is 13.5. The van der Waals surface area contributed by atoms with E-state index in [0.717, 1.165) is 70.2 Å². The number of halogens is 2. The summed E-state index contributed by atoms with van der Waals surface area (Å²) in [6, 6.07) is 3.94. The number of rotatable bonds is 6. The largest absolute Gasteiger partial charge is 0.357 e. The fourth-order valence-corrected chi connectivity index (χ4v) is 4.25. The molecule has 2 atom stereocenters. The zero-order chi connectivity index (χ0) is 22.4. The Labute approximate surface area is 184 Å². The molecular weight excluding hydrogens is 400 g/mol. The van der Waals surface area contributed by atoms with E-state index in [2.05, 4.69) is 15.1 Å². The molecule has 2 heterocycles. The smallest absolute Gasteiger partial charge is 0.239 e. The van der Waals surface area contributed by atoms with E-state index >= 15 is 0 Å². The summed E-state index contributed by atoms with van der Waals surface area (Å²) >= 11 is 0. The summed E-state index contributed by atoms with van der Waals surface area (Å²) in [4.78, 5) is 23.9. The molecule has 2 unspecified atom stereocenters. The number of nitrogens with one attached hydrogen (secondary N) is 1. The summed E-state index contributed by atoms with van der Waals surface area (Å²) in [5.41, 5.74) is 0.734. The van der Waals surface area contributed by atoms with Crippen molar-refractivity contribution < 1.29 is 13.6 Å². The molecule has 2 aliphatic heterocycles. The summed E-state index contributed by atoms with van der Waals surface area (Å²) in [6.07, 6.45) is 2.22. The zero-order valence-electron chi connectivity index (χ0n) is 18.9. The van der Waals surface area contributed by atoms with Gasteiger partial charge in [0.15, 0.2) is 17.6 Å². The van der Waals surface area contributed by atoms with Gasteiger partial charge in [-0.2, -0.15) is 0 Å². The Morgan fingerprint density at radius 1 is 1.03 bits per heavy atom. The van der Waals surface area contributed by atoms with Crippen molar-refractivity contribution in [1.82, 2.24) is 20.0 Å². The van der Waals surface area contributed by atoms with Gasteiger partial charge in [-0.1, -0.05) is 13.0 Å². The molecule has 0 bridgehead atoms. The third-order valence-electron chi connectivity index (χ3n) is 6.30. The van der Waals surface area contributed by atoms with Crippen LogP contribution >= 0.6 is 0 Å². The lowest BCUT2D eigenvalue weighted by molar-refractivity contribution is -0.135. The average molecular weight is 436 g/mol. The van der Waals surface area contributed by atoms with E-state index in [4.69, 9.17) is 4.99 Å². The number of aliphatic imine (C=N–C) groups is 1. The number of hydrogen-bond acceptors (Lipinski definition) is 3. The molecule has 2 saturated heterocycles. The first kappa shape index (κ1) is 23.4. The van der Waals surface area contributed by atoms with Gasteiger partial charge in [-0.05, 0) is 44.4 Å². The zero-order valence-corrected chi connectivity index (χ0v) is 18.9. The average Bonchev–Trinajstić information content (AvgIpc) is 3.32. The van der Waals surface area contributed by atoms with Crippen molar-refractivity contribution in [3.8, 4) is 0 Å². The lowest BCUT2D eigenvalue weighted by atomic mass is 10.0. The first-order chi connectivity index (χ1) is 14.9. The summed E-state index contributed by atoms with van der Waals surface area (Å²) in [6.45, 7) is 12.2. The summed E-state index contributed by atoms with van der Waals surface area (Å²) < 4.78 is 26.7. The van der Waals surface area contributed by atoms with Crippen molar-refractivity contribution in [2.24, 2.45) is 4.99 Å². The second-order valence-electron chi connectivity index (χ2n) is 8.50. The molecule has 0 spiro atoms. The highest BCUT2D eigenvalue weighted by molar-refractivity contribution is 5.82. The Hall–Kier alpha value is -2.22. The topological polar surface area (TPSA) is 51.2 Å². The fraction of sp³-hybridized carbons (Fsp3) is 0.652. The number of hydrogen-bond donors (Lipinski definition) is 1. The van der Waals surface area contributed by atoms with Crippen molar-refractivity contribution in [3.63, 3.8) is 0 Å². The molecule has 172 valence electrons. The summed E-state index contributed by atoms with van der Waals surface area (Å²) in [5, 5.41) is 3.34. The van der Waals surface area contributed by atoms with Gasteiger partial charge in [-0.25, -0.2) is 8.78 Å². The van der Waals surface area contributed by atoms with E-state index < -0.39 is 11.6 Å². The summed E-state index contributed by atoms with van der Waals surface area (Å²) in [7, 11) is 0. The Balaban J connectivity index is 1.56. The van der Waals surface area contributed by atoms with Gasteiger partial charge >= 0.3 is 0 Å². The highest BCUT2D eigenvalue weighted by atomic mass is 19.2. The Kier molecular flexibility index (Phi) is 8.23. The van der Waals surface area contributed by atoms with Gasteiger partial charge in [0, 0.05) is 58.3 Å². The highest BCUT2D eigenvalue weighted by Crippen LogP contribution is 2.19. The van der Waals surface area contributed by atoms with E-state index in [9.17, 15) is 13.6 Å². The van der Waals surface area contributed by atoms with Crippen molar-refractivity contribution in [1.29, 1.82) is 0 Å². The number of likely N-dealkylation sites (tertiary alicyclic amines) is 1. The van der Waals surface area contributed by atoms with Crippen LogP contribution in [0.15, 0.2) is 23.2 Å². The number of carbonyl (C=O) groups excluding carboxylic acids is 1. The van der Waals surface area contributed by atoms with Crippen LogP contribution in [0.4, 0.5) is 8.78 Å². The fourth-order valence-electron chi connectivity index (χ4n) is 4.25. The molecular formula is C23H35F2N5O. The van der Waals surface area contributed by atoms with Gasteiger partial charge in [-0.3, -0.25) is 14.7 Å². The third kappa shape index (κ3) is 5.93. The molecule has 0 aromatic heterocycles. The standard InChI is InChI=1S/C23H35F2N5O/c1-4-26-23(27-16-17(2)19-7-8-20(24)21(25)15-19)30-13-11-28(12-14-30)18(3)22(31)29-9-5-6-10-29/h7-8,15,17-18H,4-6,9-14,16H2,1-3H3,(H,26,27). The number of piperazine rings is 1. The highest BCUT2D eigenvalue weighted by Gasteiger charge is 2.30. The molecule has 31 heavy (non-hydrogen) atoms. The lowest BCUT2D eigenvalue weighted by Crippen LogP contribution is -2.57. The SMILES string of the molecule is CCNC(=NCC(C)c1ccc(F)c(F)c1)N1CCN(C(C)C(=O)N2CCCC2)CC1. The second kappa shape index (κ2) is 10.9. The maximum Gasteiger partial charge on any atom is 0.239 e. The molecule has 1 N–H and O–H groups in total. The van der Waals surface area contributed by atoms with E-state index in [0.29, 0.717) is 6.54 Å². The predicted octanol–water partition coefficient (Wildman–Crippen LogP) is 2.66. The van der Waals surface area contributed by atoms with Crippen LogP contribution < -0.4 is 5.32 Å². The van der Waals surface area contributed by atoms with Gasteiger partial charge < -0.3 is 15.1 Å². The molecule has 1 amide bonds. The Morgan fingerprint density at radius 2 is 1.71 bits per heavy atom. The minimum absolute atomic E-state index is 0.0249. The maximum atomic E-state index is 13.5. The van der Waals surface area contributed by atoms with Gasteiger partial charge in [0.1, 0.15) is 0 Å². The van der Waals surface area contributed by atoms with Crippen LogP contribution in [0.5, 0.6) is 0 Å². The predicted molar refractivity (Wildman–Crippen MR) is 119 cm³/mol. The molecule has 0 saturated carbocycles.